The predicted octanol–water partition coefficient (Wildman–Crippen LogP) is 3.33. The van der Waals surface area contributed by atoms with E-state index >= 15 is 0 Å². The van der Waals surface area contributed by atoms with E-state index in [4.69, 9.17) is 0 Å². The number of hydrogen-bond acceptors (Lipinski definition) is 5. The van der Waals surface area contributed by atoms with Crippen molar-refractivity contribution in [2.45, 2.75) is 37.4 Å². The Labute approximate surface area is 138 Å². The first kappa shape index (κ1) is 16.9. The maximum atomic E-state index is 13.1. The number of halogens is 3. The highest BCUT2D eigenvalue weighted by Crippen LogP contribution is 2.35. The highest BCUT2D eigenvalue weighted by Gasteiger charge is 2.37. The molecule has 0 spiro atoms. The summed E-state index contributed by atoms with van der Waals surface area (Å²) in [5.41, 5.74) is 0.135. The third-order valence-corrected chi connectivity index (χ3v) is 4.82. The van der Waals surface area contributed by atoms with Crippen LogP contribution in [0.15, 0.2) is 18.5 Å². The van der Waals surface area contributed by atoms with Crippen LogP contribution in [0.5, 0.6) is 0 Å². The van der Waals surface area contributed by atoms with Crippen molar-refractivity contribution in [3.05, 3.63) is 24.3 Å². The van der Waals surface area contributed by atoms with Crippen LogP contribution in [0.1, 0.15) is 31.5 Å². The van der Waals surface area contributed by atoms with Gasteiger partial charge in [0.05, 0.1) is 11.7 Å². The number of anilines is 1. The van der Waals surface area contributed by atoms with E-state index in [-0.39, 0.29) is 16.9 Å². The van der Waals surface area contributed by atoms with Crippen LogP contribution in [-0.2, 0) is 6.18 Å². The van der Waals surface area contributed by atoms with E-state index in [1.165, 1.54) is 12.4 Å². The molecule has 1 aliphatic rings. The van der Waals surface area contributed by atoms with E-state index in [1.54, 1.807) is 6.07 Å². The van der Waals surface area contributed by atoms with E-state index in [9.17, 15) is 13.2 Å². The number of rotatable bonds is 4. The van der Waals surface area contributed by atoms with Gasteiger partial charge >= 0.3 is 6.18 Å². The van der Waals surface area contributed by atoms with Gasteiger partial charge in [0.15, 0.2) is 0 Å². The Morgan fingerprint density at radius 1 is 1.21 bits per heavy atom. The van der Waals surface area contributed by atoms with Gasteiger partial charge in [0.1, 0.15) is 5.82 Å². The van der Waals surface area contributed by atoms with Crippen LogP contribution in [0, 0.1) is 0 Å². The van der Waals surface area contributed by atoms with Gasteiger partial charge in [0.2, 0.25) is 5.82 Å². The van der Waals surface area contributed by atoms with Crippen molar-refractivity contribution in [3.63, 3.8) is 0 Å². The SMILES string of the molecule is CN(C)C1(CNc2nc(C(F)(F)F)nc3cnccc23)CCCC1. The molecule has 8 heteroatoms. The number of nitrogens with zero attached hydrogens (tertiary/aromatic N) is 4. The molecule has 2 aromatic rings. The minimum atomic E-state index is -4.59. The van der Waals surface area contributed by atoms with E-state index in [0.29, 0.717) is 11.9 Å². The molecule has 0 aliphatic heterocycles. The summed E-state index contributed by atoms with van der Waals surface area (Å²) in [5.74, 6) is -0.932. The zero-order valence-electron chi connectivity index (χ0n) is 13.7. The van der Waals surface area contributed by atoms with Gasteiger partial charge in [-0.05, 0) is 33.0 Å². The fraction of sp³-hybridized carbons (Fsp3) is 0.562. The zero-order chi connectivity index (χ0) is 17.4. The summed E-state index contributed by atoms with van der Waals surface area (Å²) < 4.78 is 39.2. The molecule has 5 nitrogen and oxygen atoms in total. The molecule has 1 aliphatic carbocycles. The maximum Gasteiger partial charge on any atom is 0.451 e. The third-order valence-electron chi connectivity index (χ3n) is 4.82. The molecule has 0 radical (unpaired) electrons. The number of aromatic nitrogens is 3. The van der Waals surface area contributed by atoms with Crippen molar-refractivity contribution in [3.8, 4) is 0 Å². The average molecular weight is 339 g/mol. The molecule has 130 valence electrons. The molecular formula is C16H20F3N5. The summed E-state index contributed by atoms with van der Waals surface area (Å²) in [6.45, 7) is 0.547. The van der Waals surface area contributed by atoms with Crippen LogP contribution >= 0.6 is 0 Å². The normalized spacial score (nSPS) is 17.6. The van der Waals surface area contributed by atoms with Crippen LogP contribution < -0.4 is 5.32 Å². The molecular weight excluding hydrogens is 319 g/mol. The number of alkyl halides is 3. The van der Waals surface area contributed by atoms with Crippen molar-refractivity contribution >= 4 is 16.7 Å². The lowest BCUT2D eigenvalue weighted by Crippen LogP contribution is -2.47. The molecule has 0 aromatic carbocycles. The number of hydrogen-bond donors (Lipinski definition) is 1. The van der Waals surface area contributed by atoms with E-state index in [2.05, 4.69) is 25.2 Å². The summed E-state index contributed by atoms with van der Waals surface area (Å²) in [4.78, 5) is 13.3. The maximum absolute atomic E-state index is 13.1. The first-order valence-electron chi connectivity index (χ1n) is 7.92. The van der Waals surface area contributed by atoms with Crippen LogP contribution in [0.3, 0.4) is 0 Å². The molecule has 0 atom stereocenters. The van der Waals surface area contributed by atoms with Crippen molar-refractivity contribution in [2.75, 3.05) is 26.0 Å². The van der Waals surface area contributed by atoms with Crippen molar-refractivity contribution in [2.24, 2.45) is 0 Å². The second-order valence-electron chi connectivity index (χ2n) is 6.47. The van der Waals surface area contributed by atoms with Gasteiger partial charge in [-0.25, -0.2) is 9.97 Å². The number of pyridine rings is 1. The Hall–Kier alpha value is -1.96. The molecule has 0 saturated heterocycles. The van der Waals surface area contributed by atoms with E-state index in [1.807, 2.05) is 14.1 Å². The van der Waals surface area contributed by atoms with E-state index < -0.39 is 12.0 Å². The average Bonchev–Trinajstić information content (AvgIpc) is 3.02. The number of likely N-dealkylation sites (N-methyl/N-ethyl adjacent to an activating group) is 1. The number of fused-ring (bicyclic) bond motifs is 1. The minimum absolute atomic E-state index is 0.0529. The zero-order valence-corrected chi connectivity index (χ0v) is 13.7. The second kappa shape index (κ2) is 6.16. The molecule has 1 N–H and O–H groups in total. The lowest BCUT2D eigenvalue weighted by atomic mass is 9.96. The van der Waals surface area contributed by atoms with Crippen LogP contribution in [-0.4, -0.2) is 46.0 Å². The Kier molecular flexibility index (Phi) is 4.33. The summed E-state index contributed by atoms with van der Waals surface area (Å²) in [6.07, 6.45) is 2.56. The minimum Gasteiger partial charge on any atom is -0.368 e. The fourth-order valence-electron chi connectivity index (χ4n) is 3.31. The monoisotopic (exact) mass is 339 g/mol. The van der Waals surface area contributed by atoms with Gasteiger partial charge in [0.25, 0.3) is 0 Å². The smallest absolute Gasteiger partial charge is 0.368 e. The van der Waals surface area contributed by atoms with Gasteiger partial charge in [-0.3, -0.25) is 4.98 Å². The van der Waals surface area contributed by atoms with Gasteiger partial charge in [-0.2, -0.15) is 13.2 Å². The molecule has 2 heterocycles. The Bertz CT molecular complexity index is 723. The van der Waals surface area contributed by atoms with Gasteiger partial charge in [-0.15, -0.1) is 0 Å². The second-order valence-corrected chi connectivity index (χ2v) is 6.47. The van der Waals surface area contributed by atoms with Crippen molar-refractivity contribution in [1.82, 2.24) is 19.9 Å². The molecule has 24 heavy (non-hydrogen) atoms. The lowest BCUT2D eigenvalue weighted by molar-refractivity contribution is -0.144. The predicted molar refractivity (Wildman–Crippen MR) is 85.7 cm³/mol. The molecule has 0 amide bonds. The quantitative estimate of drug-likeness (QED) is 0.926. The number of nitrogens with one attached hydrogen (secondary N) is 1. The van der Waals surface area contributed by atoms with Crippen LogP contribution in [0.25, 0.3) is 10.9 Å². The van der Waals surface area contributed by atoms with E-state index in [0.717, 1.165) is 25.7 Å². The van der Waals surface area contributed by atoms with Gasteiger partial charge < -0.3 is 10.2 Å². The molecule has 0 bridgehead atoms. The Balaban J connectivity index is 1.96. The summed E-state index contributed by atoms with van der Waals surface area (Å²) in [6, 6.07) is 1.63. The molecule has 1 fully saturated rings. The first-order valence-corrected chi connectivity index (χ1v) is 7.92. The van der Waals surface area contributed by atoms with Crippen molar-refractivity contribution < 1.29 is 13.2 Å². The molecule has 3 rings (SSSR count). The summed E-state index contributed by atoms with van der Waals surface area (Å²) >= 11 is 0. The van der Waals surface area contributed by atoms with Crippen molar-refractivity contribution in [1.29, 1.82) is 0 Å². The Morgan fingerprint density at radius 2 is 1.92 bits per heavy atom. The highest BCUT2D eigenvalue weighted by atomic mass is 19.4. The topological polar surface area (TPSA) is 53.9 Å². The van der Waals surface area contributed by atoms with Gasteiger partial charge in [0, 0.05) is 23.7 Å². The standard InChI is InChI=1S/C16H20F3N5/c1-24(2)15(6-3-4-7-15)10-21-13-11-5-8-20-9-12(11)22-14(23-13)16(17,18)19/h5,8-9H,3-4,6-7,10H2,1-2H3,(H,21,22,23). The molecule has 2 aromatic heterocycles. The lowest BCUT2D eigenvalue weighted by Gasteiger charge is -2.36. The van der Waals surface area contributed by atoms with Gasteiger partial charge in [-0.1, -0.05) is 12.8 Å². The summed E-state index contributed by atoms with van der Waals surface area (Å²) in [7, 11) is 4.02. The first-order chi connectivity index (χ1) is 11.3. The third kappa shape index (κ3) is 3.15. The summed E-state index contributed by atoms with van der Waals surface area (Å²) in [5, 5.41) is 3.69. The fourth-order valence-corrected chi connectivity index (χ4v) is 3.31. The molecule has 1 saturated carbocycles. The van der Waals surface area contributed by atoms with Crippen LogP contribution in [0.2, 0.25) is 0 Å². The molecule has 0 unspecified atom stereocenters. The Morgan fingerprint density at radius 3 is 2.54 bits per heavy atom. The largest absolute Gasteiger partial charge is 0.451 e. The highest BCUT2D eigenvalue weighted by molar-refractivity contribution is 5.88. The van der Waals surface area contributed by atoms with Crippen LogP contribution in [0.4, 0.5) is 19.0 Å².